The average Bonchev–Trinajstić information content (AvgIpc) is 2.93. The number of imidazole rings is 1. The van der Waals surface area contributed by atoms with Crippen LogP contribution in [0.5, 0.6) is 0 Å². The summed E-state index contributed by atoms with van der Waals surface area (Å²) < 4.78 is 2.11. The molecule has 5 nitrogen and oxygen atoms in total. The first-order valence-corrected chi connectivity index (χ1v) is 7.65. The van der Waals surface area contributed by atoms with Crippen molar-refractivity contribution < 1.29 is 9.90 Å². The number of rotatable bonds is 3. The van der Waals surface area contributed by atoms with E-state index >= 15 is 0 Å². The number of nitrogens with one attached hydrogen (secondary N) is 1. The summed E-state index contributed by atoms with van der Waals surface area (Å²) in [6, 6.07) is 0. The molecule has 1 amide bonds. The predicted octanol–water partition coefficient (Wildman–Crippen LogP) is 1.26. The van der Waals surface area contributed by atoms with Crippen LogP contribution in [0.15, 0.2) is 12.5 Å². The van der Waals surface area contributed by atoms with E-state index in [1.54, 1.807) is 0 Å². The summed E-state index contributed by atoms with van der Waals surface area (Å²) in [5.41, 5.74) is 0.456. The van der Waals surface area contributed by atoms with E-state index in [9.17, 15) is 9.90 Å². The van der Waals surface area contributed by atoms with Gasteiger partial charge in [-0.2, -0.15) is 0 Å². The van der Waals surface area contributed by atoms with Crippen LogP contribution < -0.4 is 5.32 Å². The number of hydrogen-bond donors (Lipinski definition) is 2. The van der Waals surface area contributed by atoms with Gasteiger partial charge in [0.2, 0.25) is 5.91 Å². The van der Waals surface area contributed by atoms with Crippen LogP contribution >= 0.6 is 0 Å². The van der Waals surface area contributed by atoms with Crippen molar-refractivity contribution in [3.63, 3.8) is 0 Å². The summed E-state index contributed by atoms with van der Waals surface area (Å²) in [6.45, 7) is 1.26. The fourth-order valence-corrected chi connectivity index (χ4v) is 3.38. The fourth-order valence-electron chi connectivity index (χ4n) is 3.38. The van der Waals surface area contributed by atoms with Crippen molar-refractivity contribution in [2.24, 2.45) is 5.92 Å². The largest absolute Gasteiger partial charge is 0.388 e. The zero-order valence-electron chi connectivity index (χ0n) is 11.8. The molecule has 0 radical (unpaired) electrons. The number of aromatic nitrogens is 2. The van der Waals surface area contributed by atoms with Crippen molar-refractivity contribution in [1.82, 2.24) is 14.9 Å². The zero-order valence-corrected chi connectivity index (χ0v) is 11.8. The minimum atomic E-state index is -0.676. The Morgan fingerprint density at radius 3 is 3.05 bits per heavy atom. The van der Waals surface area contributed by atoms with Crippen molar-refractivity contribution in [2.75, 3.05) is 6.54 Å². The molecule has 0 spiro atoms. The number of aliphatic hydroxyl groups is 1. The van der Waals surface area contributed by atoms with Crippen molar-refractivity contribution in [3.05, 3.63) is 18.2 Å². The van der Waals surface area contributed by atoms with Crippen LogP contribution in [0.1, 0.15) is 44.2 Å². The zero-order chi connectivity index (χ0) is 14.0. The van der Waals surface area contributed by atoms with Crippen molar-refractivity contribution in [2.45, 2.75) is 57.1 Å². The number of nitrogens with zero attached hydrogens (tertiary/aromatic N) is 2. The van der Waals surface area contributed by atoms with Crippen LogP contribution in [0.25, 0.3) is 0 Å². The highest BCUT2D eigenvalue weighted by molar-refractivity contribution is 5.79. The molecule has 1 aliphatic heterocycles. The van der Waals surface area contributed by atoms with E-state index in [-0.39, 0.29) is 11.8 Å². The third-order valence-electron chi connectivity index (χ3n) is 4.72. The Bertz CT molecular complexity index is 477. The van der Waals surface area contributed by atoms with E-state index < -0.39 is 5.60 Å². The maximum Gasteiger partial charge on any atom is 0.223 e. The number of amides is 1. The van der Waals surface area contributed by atoms with E-state index in [2.05, 4.69) is 14.9 Å². The molecule has 1 aromatic heterocycles. The number of aryl methyl sites for hydroxylation is 1. The van der Waals surface area contributed by atoms with Gasteiger partial charge in [0.1, 0.15) is 0 Å². The molecule has 1 aliphatic carbocycles. The molecule has 2 aliphatic rings. The minimum absolute atomic E-state index is 0.0198. The minimum Gasteiger partial charge on any atom is -0.388 e. The molecular formula is C15H23N3O2. The van der Waals surface area contributed by atoms with Crippen LogP contribution in [0.3, 0.4) is 0 Å². The lowest BCUT2D eigenvalue weighted by Crippen LogP contribution is -2.46. The third kappa shape index (κ3) is 2.87. The molecule has 1 atom stereocenters. The van der Waals surface area contributed by atoms with Gasteiger partial charge in [-0.1, -0.05) is 19.3 Å². The van der Waals surface area contributed by atoms with Crippen LogP contribution in [0, 0.1) is 5.92 Å². The topological polar surface area (TPSA) is 67.2 Å². The lowest BCUT2D eigenvalue weighted by molar-refractivity contribution is -0.127. The van der Waals surface area contributed by atoms with Crippen LogP contribution in [0.4, 0.5) is 0 Å². The Labute approximate surface area is 119 Å². The van der Waals surface area contributed by atoms with E-state index in [0.717, 1.165) is 50.8 Å². The smallest absolute Gasteiger partial charge is 0.223 e. The van der Waals surface area contributed by atoms with Crippen molar-refractivity contribution in [3.8, 4) is 0 Å². The number of carbonyl (C=O) groups is 1. The first-order valence-electron chi connectivity index (χ1n) is 7.65. The highest BCUT2D eigenvalue weighted by Crippen LogP contribution is 2.27. The molecule has 0 bridgehead atoms. The van der Waals surface area contributed by atoms with Gasteiger partial charge in [0.25, 0.3) is 0 Å². The van der Waals surface area contributed by atoms with Gasteiger partial charge in [-0.3, -0.25) is 4.79 Å². The van der Waals surface area contributed by atoms with Gasteiger partial charge in [-0.25, -0.2) is 4.98 Å². The third-order valence-corrected chi connectivity index (χ3v) is 4.72. The van der Waals surface area contributed by atoms with E-state index in [0.29, 0.717) is 6.54 Å². The molecule has 20 heavy (non-hydrogen) atoms. The highest BCUT2D eigenvalue weighted by atomic mass is 16.3. The first-order chi connectivity index (χ1) is 9.66. The molecule has 1 aromatic rings. The summed E-state index contributed by atoms with van der Waals surface area (Å²) in [7, 11) is 0. The van der Waals surface area contributed by atoms with E-state index in [1.807, 2.05) is 12.5 Å². The van der Waals surface area contributed by atoms with Crippen LogP contribution in [0.2, 0.25) is 0 Å². The molecule has 2 heterocycles. The second kappa shape index (κ2) is 5.56. The van der Waals surface area contributed by atoms with Gasteiger partial charge in [-0.05, 0) is 19.3 Å². The molecule has 1 fully saturated rings. The van der Waals surface area contributed by atoms with Crippen molar-refractivity contribution >= 4 is 5.91 Å². The lowest BCUT2D eigenvalue weighted by atomic mass is 9.84. The summed E-state index contributed by atoms with van der Waals surface area (Å²) in [5, 5.41) is 13.4. The molecular weight excluding hydrogens is 254 g/mol. The second-order valence-corrected chi connectivity index (χ2v) is 6.27. The quantitative estimate of drug-likeness (QED) is 0.874. The standard InChI is InChI=1S/C15H23N3O2/c19-14(17-10-15(20)5-2-1-3-6-15)12-4-7-18-11-16-9-13(18)8-12/h9,11-12,20H,1-8,10H2,(H,17,19). The molecule has 3 rings (SSSR count). The van der Waals surface area contributed by atoms with Crippen molar-refractivity contribution in [1.29, 1.82) is 0 Å². The Balaban J connectivity index is 1.52. The SMILES string of the molecule is O=C(NCC1(O)CCCCC1)C1CCn2cncc2C1. The molecule has 0 saturated heterocycles. The number of fused-ring (bicyclic) bond motifs is 1. The summed E-state index contributed by atoms with van der Waals surface area (Å²) in [6.07, 6.45) is 10.2. The molecule has 1 unspecified atom stereocenters. The molecule has 1 saturated carbocycles. The Morgan fingerprint density at radius 2 is 2.25 bits per heavy atom. The molecule has 5 heteroatoms. The molecule has 110 valence electrons. The highest BCUT2D eigenvalue weighted by Gasteiger charge is 2.31. The van der Waals surface area contributed by atoms with E-state index in [1.165, 1.54) is 6.42 Å². The monoisotopic (exact) mass is 277 g/mol. The predicted molar refractivity (Wildman–Crippen MR) is 75.1 cm³/mol. The van der Waals surface area contributed by atoms with Gasteiger partial charge >= 0.3 is 0 Å². The normalized spacial score (nSPS) is 24.9. The summed E-state index contributed by atoms with van der Waals surface area (Å²) in [5.74, 6) is 0.0999. The Hall–Kier alpha value is -1.36. The number of hydrogen-bond acceptors (Lipinski definition) is 3. The maximum absolute atomic E-state index is 12.3. The first kappa shape index (κ1) is 13.6. The van der Waals surface area contributed by atoms with E-state index in [4.69, 9.17) is 0 Å². The second-order valence-electron chi connectivity index (χ2n) is 6.27. The molecule has 0 aromatic carbocycles. The van der Waals surface area contributed by atoms with Gasteiger partial charge in [0.15, 0.2) is 0 Å². The van der Waals surface area contributed by atoms with Gasteiger partial charge in [-0.15, -0.1) is 0 Å². The summed E-state index contributed by atoms with van der Waals surface area (Å²) >= 11 is 0. The maximum atomic E-state index is 12.3. The lowest BCUT2D eigenvalue weighted by Gasteiger charge is -2.33. The summed E-state index contributed by atoms with van der Waals surface area (Å²) in [4.78, 5) is 16.4. The number of carbonyl (C=O) groups excluding carboxylic acids is 1. The average molecular weight is 277 g/mol. The van der Waals surface area contributed by atoms with Gasteiger partial charge in [0, 0.05) is 37.3 Å². The van der Waals surface area contributed by atoms with Gasteiger partial charge in [0.05, 0.1) is 11.9 Å². The Morgan fingerprint density at radius 1 is 1.45 bits per heavy atom. The van der Waals surface area contributed by atoms with Gasteiger partial charge < -0.3 is 15.0 Å². The Kier molecular flexibility index (Phi) is 3.78. The fraction of sp³-hybridized carbons (Fsp3) is 0.733. The van der Waals surface area contributed by atoms with Crippen LogP contribution in [-0.2, 0) is 17.8 Å². The molecule has 2 N–H and O–H groups in total. The van der Waals surface area contributed by atoms with Crippen LogP contribution in [-0.4, -0.2) is 32.7 Å².